The fourth-order valence-corrected chi connectivity index (χ4v) is 2.45. The molecule has 1 amide bonds. The number of carbonyl (C=O) groups is 1. The van der Waals surface area contributed by atoms with Crippen LogP contribution in [-0.4, -0.2) is 30.4 Å². The molecule has 0 aliphatic rings. The molecule has 0 saturated carbocycles. The van der Waals surface area contributed by atoms with Gasteiger partial charge in [-0.1, -0.05) is 43.7 Å². The lowest BCUT2D eigenvalue weighted by molar-refractivity contribution is -0.130. The minimum absolute atomic E-state index is 0.241. The minimum Gasteiger partial charge on any atom is -0.343 e. The van der Waals surface area contributed by atoms with Gasteiger partial charge in [0.05, 0.1) is 0 Å². The van der Waals surface area contributed by atoms with Gasteiger partial charge in [-0.3, -0.25) is 4.79 Å². The van der Waals surface area contributed by atoms with E-state index in [1.165, 1.54) is 5.56 Å². The molecule has 1 N–H and O–H groups in total. The Kier molecular flexibility index (Phi) is 7.97. The third kappa shape index (κ3) is 5.33. The smallest absolute Gasteiger partial charge is 0.223 e. The summed E-state index contributed by atoms with van der Waals surface area (Å²) >= 11 is 0. The van der Waals surface area contributed by atoms with Crippen molar-refractivity contribution in [3.05, 3.63) is 35.9 Å². The Balaban J connectivity index is 2.46. The molecular formula is C17H28N2O. The molecule has 0 spiro atoms. The summed E-state index contributed by atoms with van der Waals surface area (Å²) in [6.45, 7) is 8.59. The first kappa shape index (κ1) is 16.7. The molecular weight excluding hydrogens is 248 g/mol. The lowest BCUT2D eigenvalue weighted by Gasteiger charge is -2.21. The molecule has 3 heteroatoms. The molecule has 112 valence electrons. The third-order valence-corrected chi connectivity index (χ3v) is 3.63. The van der Waals surface area contributed by atoms with Crippen molar-refractivity contribution in [3.63, 3.8) is 0 Å². The summed E-state index contributed by atoms with van der Waals surface area (Å²) in [5, 5.41) is 3.52. The first-order valence-corrected chi connectivity index (χ1v) is 7.78. The zero-order chi connectivity index (χ0) is 14.8. The van der Waals surface area contributed by atoms with Gasteiger partial charge in [0.2, 0.25) is 5.91 Å². The van der Waals surface area contributed by atoms with E-state index in [-0.39, 0.29) is 5.91 Å². The Morgan fingerprint density at radius 1 is 1.15 bits per heavy atom. The Bertz CT molecular complexity index is 374. The molecule has 0 saturated heterocycles. The molecule has 0 fully saturated rings. The van der Waals surface area contributed by atoms with E-state index in [9.17, 15) is 4.79 Å². The third-order valence-electron chi connectivity index (χ3n) is 3.63. The highest BCUT2D eigenvalue weighted by Gasteiger charge is 2.12. The van der Waals surface area contributed by atoms with E-state index < -0.39 is 0 Å². The van der Waals surface area contributed by atoms with Gasteiger partial charge in [0.1, 0.15) is 0 Å². The number of nitrogens with zero attached hydrogens (tertiary/aromatic N) is 1. The number of amides is 1. The summed E-state index contributed by atoms with van der Waals surface area (Å²) < 4.78 is 0. The van der Waals surface area contributed by atoms with Gasteiger partial charge in [0.25, 0.3) is 0 Å². The molecule has 1 aromatic carbocycles. The van der Waals surface area contributed by atoms with Crippen molar-refractivity contribution in [2.24, 2.45) is 0 Å². The van der Waals surface area contributed by atoms with Gasteiger partial charge in [0.15, 0.2) is 0 Å². The van der Waals surface area contributed by atoms with Crippen molar-refractivity contribution in [2.45, 2.75) is 46.1 Å². The van der Waals surface area contributed by atoms with Crippen molar-refractivity contribution < 1.29 is 4.79 Å². The first-order valence-electron chi connectivity index (χ1n) is 7.78. The van der Waals surface area contributed by atoms with E-state index in [1.807, 2.05) is 24.8 Å². The number of carbonyl (C=O) groups excluding carboxylic acids is 1. The van der Waals surface area contributed by atoms with Crippen LogP contribution in [0.15, 0.2) is 30.3 Å². The average molecular weight is 276 g/mol. The monoisotopic (exact) mass is 276 g/mol. The van der Waals surface area contributed by atoms with Crippen LogP contribution < -0.4 is 5.32 Å². The standard InChI is InChI=1S/C17H28N2O/c1-4-10-16(15-11-8-7-9-12-15)18-14-13-17(20)19(5-2)6-3/h7-9,11-12,16,18H,4-6,10,13-14H2,1-3H3. The lowest BCUT2D eigenvalue weighted by Crippen LogP contribution is -2.33. The molecule has 1 aromatic rings. The van der Waals surface area contributed by atoms with Crippen molar-refractivity contribution in [2.75, 3.05) is 19.6 Å². The van der Waals surface area contributed by atoms with E-state index in [4.69, 9.17) is 0 Å². The molecule has 1 unspecified atom stereocenters. The van der Waals surface area contributed by atoms with Crippen LogP contribution in [-0.2, 0) is 4.79 Å². The van der Waals surface area contributed by atoms with Crippen molar-refractivity contribution in [1.29, 1.82) is 0 Å². The molecule has 1 rings (SSSR count). The molecule has 0 radical (unpaired) electrons. The SMILES string of the molecule is CCCC(NCCC(=O)N(CC)CC)c1ccccc1. The first-order chi connectivity index (χ1) is 9.72. The van der Waals surface area contributed by atoms with Gasteiger partial charge >= 0.3 is 0 Å². The van der Waals surface area contributed by atoms with Crippen LogP contribution in [0.1, 0.15) is 51.6 Å². The van der Waals surface area contributed by atoms with Crippen LogP contribution in [0, 0.1) is 0 Å². The molecule has 0 heterocycles. The normalized spacial score (nSPS) is 12.2. The highest BCUT2D eigenvalue weighted by Crippen LogP contribution is 2.17. The number of nitrogens with one attached hydrogen (secondary N) is 1. The van der Waals surface area contributed by atoms with Crippen LogP contribution in [0.25, 0.3) is 0 Å². The van der Waals surface area contributed by atoms with E-state index in [0.717, 1.165) is 32.5 Å². The zero-order valence-electron chi connectivity index (χ0n) is 13.1. The number of hydrogen-bond acceptors (Lipinski definition) is 2. The maximum atomic E-state index is 12.0. The maximum Gasteiger partial charge on any atom is 0.223 e. The number of benzene rings is 1. The van der Waals surface area contributed by atoms with Crippen LogP contribution in [0.3, 0.4) is 0 Å². The van der Waals surface area contributed by atoms with Crippen molar-refractivity contribution in [1.82, 2.24) is 10.2 Å². The fraction of sp³-hybridized carbons (Fsp3) is 0.588. The van der Waals surface area contributed by atoms with Crippen LogP contribution in [0.4, 0.5) is 0 Å². The van der Waals surface area contributed by atoms with E-state index in [1.54, 1.807) is 0 Å². The summed E-state index contributed by atoms with van der Waals surface area (Å²) in [7, 11) is 0. The van der Waals surface area contributed by atoms with Gasteiger partial charge in [-0.2, -0.15) is 0 Å². The zero-order valence-corrected chi connectivity index (χ0v) is 13.1. The summed E-state index contributed by atoms with van der Waals surface area (Å²) in [6, 6.07) is 10.8. The summed E-state index contributed by atoms with van der Waals surface area (Å²) in [5.74, 6) is 0.241. The highest BCUT2D eigenvalue weighted by molar-refractivity contribution is 5.76. The second kappa shape index (κ2) is 9.54. The fourth-order valence-electron chi connectivity index (χ4n) is 2.45. The Morgan fingerprint density at radius 3 is 2.35 bits per heavy atom. The second-order valence-corrected chi connectivity index (χ2v) is 5.02. The average Bonchev–Trinajstić information content (AvgIpc) is 2.48. The molecule has 0 bridgehead atoms. The Hall–Kier alpha value is -1.35. The molecule has 0 aliphatic carbocycles. The van der Waals surface area contributed by atoms with Gasteiger partial charge < -0.3 is 10.2 Å². The molecule has 20 heavy (non-hydrogen) atoms. The topological polar surface area (TPSA) is 32.3 Å². The van der Waals surface area contributed by atoms with Gasteiger partial charge in [-0.25, -0.2) is 0 Å². The quantitative estimate of drug-likeness (QED) is 0.750. The largest absolute Gasteiger partial charge is 0.343 e. The molecule has 0 aromatic heterocycles. The van der Waals surface area contributed by atoms with E-state index in [2.05, 4.69) is 36.5 Å². The predicted octanol–water partition coefficient (Wildman–Crippen LogP) is 3.38. The van der Waals surface area contributed by atoms with Crippen LogP contribution >= 0.6 is 0 Å². The molecule has 3 nitrogen and oxygen atoms in total. The highest BCUT2D eigenvalue weighted by atomic mass is 16.2. The van der Waals surface area contributed by atoms with Gasteiger partial charge in [-0.15, -0.1) is 0 Å². The summed E-state index contributed by atoms with van der Waals surface area (Å²) in [5.41, 5.74) is 1.31. The van der Waals surface area contributed by atoms with Gasteiger partial charge in [0, 0.05) is 32.1 Å². The van der Waals surface area contributed by atoms with Crippen molar-refractivity contribution in [3.8, 4) is 0 Å². The number of hydrogen-bond donors (Lipinski definition) is 1. The summed E-state index contributed by atoms with van der Waals surface area (Å²) in [4.78, 5) is 13.9. The van der Waals surface area contributed by atoms with Crippen LogP contribution in [0.2, 0.25) is 0 Å². The molecule has 1 atom stereocenters. The second-order valence-electron chi connectivity index (χ2n) is 5.02. The molecule has 0 aliphatic heterocycles. The van der Waals surface area contributed by atoms with E-state index >= 15 is 0 Å². The summed E-state index contributed by atoms with van der Waals surface area (Å²) in [6.07, 6.45) is 2.81. The minimum atomic E-state index is 0.241. The predicted molar refractivity (Wildman–Crippen MR) is 84.6 cm³/mol. The number of rotatable bonds is 9. The van der Waals surface area contributed by atoms with Crippen LogP contribution in [0.5, 0.6) is 0 Å². The van der Waals surface area contributed by atoms with Crippen molar-refractivity contribution >= 4 is 5.91 Å². The van der Waals surface area contributed by atoms with Gasteiger partial charge in [-0.05, 0) is 25.8 Å². The maximum absolute atomic E-state index is 12.0. The van der Waals surface area contributed by atoms with E-state index in [0.29, 0.717) is 12.5 Å². The Morgan fingerprint density at radius 2 is 1.80 bits per heavy atom. The Labute approximate surface area is 123 Å². The lowest BCUT2D eigenvalue weighted by atomic mass is 10.0.